The molecule has 8 nitrogen and oxygen atoms in total. The first-order chi connectivity index (χ1) is 16.8. The van der Waals surface area contributed by atoms with Crippen molar-refractivity contribution < 1.29 is 23.5 Å². The Labute approximate surface area is 203 Å². The quantitative estimate of drug-likeness (QED) is 0.525. The van der Waals surface area contributed by atoms with Gasteiger partial charge in [-0.25, -0.2) is 5.01 Å². The van der Waals surface area contributed by atoms with Gasteiger partial charge in [0.25, 0.3) is 11.8 Å². The Morgan fingerprint density at radius 2 is 1.74 bits per heavy atom. The molecule has 1 N–H and O–H groups in total. The molecule has 0 spiro atoms. The topological polar surface area (TPSA) is 101 Å². The maximum atomic E-state index is 12.9. The second kappa shape index (κ2) is 10.4. The Kier molecular flexibility index (Phi) is 7.10. The number of amides is 2. The van der Waals surface area contributed by atoms with Gasteiger partial charge >= 0.3 is 5.97 Å². The minimum atomic E-state index is -0.715. The van der Waals surface area contributed by atoms with Crippen molar-refractivity contribution in [2.24, 2.45) is 5.10 Å². The van der Waals surface area contributed by atoms with E-state index in [4.69, 9.17) is 9.15 Å². The van der Waals surface area contributed by atoms with Crippen molar-refractivity contribution in [2.75, 3.05) is 13.2 Å². The van der Waals surface area contributed by atoms with Crippen LogP contribution in [0.15, 0.2) is 70.4 Å². The van der Waals surface area contributed by atoms with Crippen molar-refractivity contribution >= 4 is 23.5 Å². The van der Waals surface area contributed by atoms with Gasteiger partial charge in [0.1, 0.15) is 18.3 Å². The number of carbonyl (C=O) groups excluding carboxylic acids is 3. The van der Waals surface area contributed by atoms with Gasteiger partial charge in [0, 0.05) is 12.0 Å². The number of benzene rings is 2. The van der Waals surface area contributed by atoms with Crippen LogP contribution in [0.1, 0.15) is 50.8 Å². The lowest BCUT2D eigenvalue weighted by atomic mass is 10.0. The fourth-order valence-corrected chi connectivity index (χ4v) is 3.98. The second-order valence-electron chi connectivity index (χ2n) is 8.61. The van der Waals surface area contributed by atoms with E-state index in [0.717, 1.165) is 28.0 Å². The molecule has 1 aromatic heterocycles. The molecule has 4 rings (SSSR count). The van der Waals surface area contributed by atoms with Crippen LogP contribution in [-0.4, -0.2) is 41.7 Å². The van der Waals surface area contributed by atoms with E-state index in [9.17, 15) is 14.4 Å². The number of nitrogens with zero attached hydrogens (tertiary/aromatic N) is 2. The molecule has 2 aromatic carbocycles. The zero-order valence-electron chi connectivity index (χ0n) is 19.9. The van der Waals surface area contributed by atoms with Crippen LogP contribution in [-0.2, 0) is 14.3 Å². The van der Waals surface area contributed by atoms with Gasteiger partial charge < -0.3 is 14.5 Å². The number of hydrazone groups is 1. The molecule has 8 heteroatoms. The van der Waals surface area contributed by atoms with E-state index in [0.29, 0.717) is 17.7 Å². The number of nitrogens with one attached hydrogen (secondary N) is 1. The summed E-state index contributed by atoms with van der Waals surface area (Å²) in [7, 11) is 0. The van der Waals surface area contributed by atoms with Crippen molar-refractivity contribution in [1.82, 2.24) is 10.3 Å². The third-order valence-corrected chi connectivity index (χ3v) is 5.66. The molecule has 0 saturated carbocycles. The highest BCUT2D eigenvalue weighted by atomic mass is 16.5. The van der Waals surface area contributed by atoms with E-state index in [2.05, 4.69) is 10.4 Å². The van der Waals surface area contributed by atoms with Crippen LogP contribution in [0.3, 0.4) is 0 Å². The summed E-state index contributed by atoms with van der Waals surface area (Å²) < 4.78 is 10.7. The third kappa shape index (κ3) is 5.84. The van der Waals surface area contributed by atoms with Gasteiger partial charge in [-0.05, 0) is 50.6 Å². The fraction of sp³-hybridized carbons (Fsp3) is 0.259. The summed E-state index contributed by atoms with van der Waals surface area (Å²) in [4.78, 5) is 37.5. The van der Waals surface area contributed by atoms with Gasteiger partial charge in [0.05, 0.1) is 12.0 Å². The Bertz CT molecular complexity index is 1240. The summed E-state index contributed by atoms with van der Waals surface area (Å²) in [5, 5.41) is 8.34. The van der Waals surface area contributed by atoms with Crippen molar-refractivity contribution in [2.45, 2.75) is 33.2 Å². The SMILES string of the molecule is Cc1ccc(C2=NN(C(=O)COC(=O)CNC(=O)c3cc(C)cc(C)c3)C(c3ccco3)C2)cc1. The van der Waals surface area contributed by atoms with Crippen molar-refractivity contribution in [1.29, 1.82) is 0 Å². The van der Waals surface area contributed by atoms with Crippen molar-refractivity contribution in [3.05, 3.63) is 94.4 Å². The molecule has 1 unspecified atom stereocenters. The zero-order chi connectivity index (χ0) is 24.9. The number of hydrogen-bond acceptors (Lipinski definition) is 6. The highest BCUT2D eigenvalue weighted by Crippen LogP contribution is 2.33. The molecule has 3 aromatic rings. The van der Waals surface area contributed by atoms with E-state index in [1.165, 1.54) is 5.01 Å². The second-order valence-corrected chi connectivity index (χ2v) is 8.61. The number of rotatable bonds is 7. The lowest BCUT2D eigenvalue weighted by Crippen LogP contribution is -2.34. The first-order valence-corrected chi connectivity index (χ1v) is 11.3. The van der Waals surface area contributed by atoms with Crippen LogP contribution in [0.5, 0.6) is 0 Å². The summed E-state index contributed by atoms with van der Waals surface area (Å²) in [6.45, 7) is 4.94. The van der Waals surface area contributed by atoms with Crippen LogP contribution in [0, 0.1) is 20.8 Å². The van der Waals surface area contributed by atoms with Gasteiger partial charge in [-0.2, -0.15) is 5.10 Å². The summed E-state index contributed by atoms with van der Waals surface area (Å²) in [5.41, 5.74) is 5.14. The van der Waals surface area contributed by atoms with Gasteiger partial charge in [0.15, 0.2) is 6.61 Å². The van der Waals surface area contributed by atoms with Crippen LogP contribution in [0.2, 0.25) is 0 Å². The summed E-state index contributed by atoms with van der Waals surface area (Å²) in [5.74, 6) is -0.990. The largest absolute Gasteiger partial charge is 0.467 e. The van der Waals surface area contributed by atoms with Crippen molar-refractivity contribution in [3.63, 3.8) is 0 Å². The molecule has 180 valence electrons. The predicted molar refractivity (Wildman–Crippen MR) is 130 cm³/mol. The maximum Gasteiger partial charge on any atom is 0.325 e. The Morgan fingerprint density at radius 3 is 2.40 bits per heavy atom. The Morgan fingerprint density at radius 1 is 1.03 bits per heavy atom. The number of aryl methyl sites for hydroxylation is 3. The van der Waals surface area contributed by atoms with Crippen LogP contribution in [0.4, 0.5) is 0 Å². The van der Waals surface area contributed by atoms with Gasteiger partial charge in [-0.15, -0.1) is 0 Å². The molecule has 0 saturated heterocycles. The first kappa shape index (κ1) is 23.9. The molecular formula is C27H27N3O5. The van der Waals surface area contributed by atoms with E-state index < -0.39 is 24.5 Å². The standard InChI is InChI=1S/C27H27N3O5/c1-17-6-8-20(9-7-17)22-14-23(24-5-4-10-34-24)30(29-22)25(31)16-35-26(32)15-28-27(33)21-12-18(2)11-19(3)13-21/h4-13,23H,14-16H2,1-3H3,(H,28,33). The lowest BCUT2D eigenvalue weighted by Gasteiger charge is -2.19. The number of esters is 1. The number of furan rings is 1. The number of ether oxygens (including phenoxy) is 1. The minimum Gasteiger partial charge on any atom is -0.467 e. The van der Waals surface area contributed by atoms with Gasteiger partial charge in [-0.3, -0.25) is 14.4 Å². The normalized spacial score (nSPS) is 15.0. The maximum absolute atomic E-state index is 12.9. The predicted octanol–water partition coefficient (Wildman–Crippen LogP) is 3.86. The lowest BCUT2D eigenvalue weighted by molar-refractivity contribution is -0.152. The molecule has 0 bridgehead atoms. The summed E-state index contributed by atoms with van der Waals surface area (Å²) >= 11 is 0. The molecule has 2 heterocycles. The van der Waals surface area contributed by atoms with Crippen LogP contribution >= 0.6 is 0 Å². The van der Waals surface area contributed by atoms with E-state index >= 15 is 0 Å². The minimum absolute atomic E-state index is 0.349. The zero-order valence-corrected chi connectivity index (χ0v) is 19.9. The smallest absolute Gasteiger partial charge is 0.325 e. The molecule has 1 atom stereocenters. The van der Waals surface area contributed by atoms with E-state index in [1.54, 1.807) is 30.5 Å². The monoisotopic (exact) mass is 473 g/mol. The van der Waals surface area contributed by atoms with E-state index in [-0.39, 0.29) is 12.5 Å². The van der Waals surface area contributed by atoms with Crippen LogP contribution in [0.25, 0.3) is 0 Å². The molecular weight excluding hydrogens is 446 g/mol. The molecule has 1 aliphatic heterocycles. The average molecular weight is 474 g/mol. The number of hydrogen-bond donors (Lipinski definition) is 1. The van der Waals surface area contributed by atoms with Gasteiger partial charge in [-0.1, -0.05) is 47.0 Å². The third-order valence-electron chi connectivity index (χ3n) is 5.66. The average Bonchev–Trinajstić information content (AvgIpc) is 3.51. The van der Waals surface area contributed by atoms with Crippen molar-refractivity contribution in [3.8, 4) is 0 Å². The molecule has 1 aliphatic rings. The molecule has 2 amide bonds. The fourth-order valence-electron chi connectivity index (χ4n) is 3.98. The highest BCUT2D eigenvalue weighted by Gasteiger charge is 2.35. The highest BCUT2D eigenvalue weighted by molar-refractivity contribution is 6.03. The summed E-state index contributed by atoms with van der Waals surface area (Å²) in [6, 6.07) is 16.4. The van der Waals surface area contributed by atoms with Crippen LogP contribution < -0.4 is 5.32 Å². The molecule has 0 aliphatic carbocycles. The first-order valence-electron chi connectivity index (χ1n) is 11.3. The molecule has 0 radical (unpaired) electrons. The van der Waals surface area contributed by atoms with E-state index in [1.807, 2.05) is 51.1 Å². The molecule has 35 heavy (non-hydrogen) atoms. The molecule has 0 fully saturated rings. The Hall–Kier alpha value is -4.20. The summed E-state index contributed by atoms with van der Waals surface area (Å²) in [6.07, 6.45) is 2.02. The Balaban J connectivity index is 1.37. The number of carbonyl (C=O) groups is 3. The van der Waals surface area contributed by atoms with Gasteiger partial charge in [0.2, 0.25) is 0 Å².